The number of nitrogens with zero attached hydrogens (tertiary/aromatic N) is 6. The van der Waals surface area contributed by atoms with E-state index in [4.69, 9.17) is 4.74 Å². The van der Waals surface area contributed by atoms with Crippen LogP contribution in [-0.2, 0) is 19.3 Å². The first-order valence-electron chi connectivity index (χ1n) is 14.8. The van der Waals surface area contributed by atoms with Crippen LogP contribution in [0.5, 0.6) is 11.5 Å². The number of nitrogens with one attached hydrogen (secondary N) is 2. The van der Waals surface area contributed by atoms with Gasteiger partial charge in [0.15, 0.2) is 11.4 Å². The summed E-state index contributed by atoms with van der Waals surface area (Å²) in [5.41, 5.74) is 2.44. The second-order valence-electron chi connectivity index (χ2n) is 11.4. The molecule has 0 aliphatic carbocycles. The largest absolute Gasteiger partial charge is 0.453 e. The van der Waals surface area contributed by atoms with Gasteiger partial charge in [0.1, 0.15) is 17.1 Å². The number of alkyl halides is 3. The molecular formula is C31H35F3N8O2. The lowest BCUT2D eigenvalue weighted by molar-refractivity contribution is -0.138. The highest BCUT2D eigenvalue weighted by molar-refractivity contribution is 5.89. The van der Waals surface area contributed by atoms with Gasteiger partial charge in [0.2, 0.25) is 0 Å². The van der Waals surface area contributed by atoms with Crippen molar-refractivity contribution in [2.45, 2.75) is 46.0 Å². The molecule has 44 heavy (non-hydrogen) atoms. The molecule has 4 aromatic rings. The molecule has 2 aliphatic rings. The zero-order valence-electron chi connectivity index (χ0n) is 24.9. The molecule has 232 valence electrons. The number of urea groups is 1. The molecule has 0 saturated carbocycles. The van der Waals surface area contributed by atoms with E-state index < -0.39 is 17.8 Å². The highest BCUT2D eigenvalue weighted by Crippen LogP contribution is 2.36. The first-order chi connectivity index (χ1) is 21.1. The van der Waals surface area contributed by atoms with Crippen LogP contribution in [0.4, 0.5) is 23.7 Å². The molecule has 2 amide bonds. The SMILES string of the molecule is CCN1CCN(Cc2ccc(NC(=O)N3Cc4cc(Oc5ccnc6nc(C)[nH]c56)cnc4C(C)C3)cc2C(F)(F)F)CC1. The van der Waals surface area contributed by atoms with Crippen molar-refractivity contribution in [3.8, 4) is 11.5 Å². The molecule has 6 rings (SSSR count). The minimum Gasteiger partial charge on any atom is -0.453 e. The van der Waals surface area contributed by atoms with Crippen LogP contribution in [0.15, 0.2) is 42.7 Å². The van der Waals surface area contributed by atoms with Gasteiger partial charge < -0.3 is 24.8 Å². The number of imidazole rings is 1. The monoisotopic (exact) mass is 608 g/mol. The summed E-state index contributed by atoms with van der Waals surface area (Å²) in [6, 6.07) is 7.15. The summed E-state index contributed by atoms with van der Waals surface area (Å²) in [6.07, 6.45) is -1.29. The van der Waals surface area contributed by atoms with E-state index in [1.165, 1.54) is 6.07 Å². The number of halogens is 3. The Hall–Kier alpha value is -4.23. The quantitative estimate of drug-likeness (QED) is 0.287. The Balaban J connectivity index is 1.16. The van der Waals surface area contributed by atoms with E-state index in [1.807, 2.05) is 24.8 Å². The molecule has 0 radical (unpaired) electrons. The Bertz CT molecular complexity index is 1670. The minimum absolute atomic E-state index is 0.0808. The number of hydrogen-bond acceptors (Lipinski definition) is 7. The van der Waals surface area contributed by atoms with E-state index in [-0.39, 0.29) is 30.3 Å². The molecule has 1 unspecified atom stereocenters. The van der Waals surface area contributed by atoms with Crippen molar-refractivity contribution in [1.82, 2.24) is 34.6 Å². The molecular weight excluding hydrogens is 573 g/mol. The van der Waals surface area contributed by atoms with Crippen LogP contribution in [0, 0.1) is 6.92 Å². The van der Waals surface area contributed by atoms with Crippen molar-refractivity contribution in [3.63, 3.8) is 0 Å². The van der Waals surface area contributed by atoms with Gasteiger partial charge in [-0.15, -0.1) is 0 Å². The van der Waals surface area contributed by atoms with E-state index in [9.17, 15) is 18.0 Å². The topological polar surface area (TPSA) is 103 Å². The summed E-state index contributed by atoms with van der Waals surface area (Å²) in [6.45, 7) is 10.7. The summed E-state index contributed by atoms with van der Waals surface area (Å²) in [7, 11) is 0. The number of aromatic amines is 1. The lowest BCUT2D eigenvalue weighted by atomic mass is 9.96. The van der Waals surface area contributed by atoms with Gasteiger partial charge in [-0.2, -0.15) is 13.2 Å². The Labute approximate surface area is 253 Å². The first-order valence-corrected chi connectivity index (χ1v) is 14.8. The molecule has 1 saturated heterocycles. The maximum atomic E-state index is 14.1. The van der Waals surface area contributed by atoms with E-state index in [0.717, 1.165) is 50.0 Å². The average Bonchev–Trinajstić information content (AvgIpc) is 3.39. The number of pyridine rings is 2. The van der Waals surface area contributed by atoms with Gasteiger partial charge >= 0.3 is 12.2 Å². The van der Waals surface area contributed by atoms with Gasteiger partial charge in [-0.3, -0.25) is 9.88 Å². The van der Waals surface area contributed by atoms with E-state index in [1.54, 1.807) is 29.4 Å². The van der Waals surface area contributed by atoms with Crippen molar-refractivity contribution in [2.75, 3.05) is 44.6 Å². The van der Waals surface area contributed by atoms with Gasteiger partial charge in [-0.1, -0.05) is 19.9 Å². The van der Waals surface area contributed by atoms with Crippen molar-refractivity contribution in [3.05, 3.63) is 70.9 Å². The summed E-state index contributed by atoms with van der Waals surface area (Å²) in [5.74, 6) is 1.66. The number of benzene rings is 1. The van der Waals surface area contributed by atoms with Crippen LogP contribution in [0.2, 0.25) is 0 Å². The van der Waals surface area contributed by atoms with Crippen LogP contribution < -0.4 is 10.1 Å². The van der Waals surface area contributed by atoms with E-state index >= 15 is 0 Å². The van der Waals surface area contributed by atoms with E-state index in [0.29, 0.717) is 35.0 Å². The zero-order chi connectivity index (χ0) is 31.0. The van der Waals surface area contributed by atoms with Gasteiger partial charge in [0.05, 0.1) is 17.5 Å². The van der Waals surface area contributed by atoms with Crippen LogP contribution >= 0.6 is 0 Å². The number of piperazine rings is 1. The van der Waals surface area contributed by atoms with Crippen LogP contribution in [0.3, 0.4) is 0 Å². The van der Waals surface area contributed by atoms with Crippen LogP contribution in [0.1, 0.15) is 48.0 Å². The third kappa shape index (κ3) is 6.34. The van der Waals surface area contributed by atoms with Crippen LogP contribution in [-0.4, -0.2) is 79.9 Å². The molecule has 13 heteroatoms. The van der Waals surface area contributed by atoms with Gasteiger partial charge in [-0.05, 0) is 42.8 Å². The number of carbonyl (C=O) groups excluding carboxylic acids is 1. The summed E-state index contributed by atoms with van der Waals surface area (Å²) in [4.78, 5) is 35.6. The predicted molar refractivity (Wildman–Crippen MR) is 160 cm³/mol. The van der Waals surface area contributed by atoms with Crippen molar-refractivity contribution in [1.29, 1.82) is 0 Å². The standard InChI is InChI=1S/C31H35F3N8O2/c1-4-40-9-11-41(12-10-40)17-21-5-6-23(14-25(21)31(32,33)34)39-30(43)42-16-19(2)27-22(18-42)13-24(15-36-27)44-26-7-8-35-29-28(26)37-20(3)38-29/h5-8,13-15,19H,4,9-12,16-18H2,1-3H3,(H,39,43)(H,35,37,38). The Morgan fingerprint density at radius 1 is 1.11 bits per heavy atom. The van der Waals surface area contributed by atoms with Crippen molar-refractivity contribution < 1.29 is 22.7 Å². The minimum atomic E-state index is -4.54. The number of aromatic nitrogens is 4. The Morgan fingerprint density at radius 2 is 1.89 bits per heavy atom. The van der Waals surface area contributed by atoms with Crippen molar-refractivity contribution >= 4 is 22.9 Å². The summed E-state index contributed by atoms with van der Waals surface area (Å²) < 4.78 is 48.4. The molecule has 2 aliphatic heterocycles. The molecule has 1 fully saturated rings. The number of rotatable bonds is 6. The number of fused-ring (bicyclic) bond motifs is 2. The third-order valence-corrected chi connectivity index (χ3v) is 8.26. The normalized spacial score (nSPS) is 18.0. The second-order valence-corrected chi connectivity index (χ2v) is 11.4. The number of amides is 2. The highest BCUT2D eigenvalue weighted by atomic mass is 19.4. The summed E-state index contributed by atoms with van der Waals surface area (Å²) in [5, 5.41) is 2.69. The summed E-state index contributed by atoms with van der Waals surface area (Å²) >= 11 is 0. The number of carbonyl (C=O) groups is 1. The van der Waals surface area contributed by atoms with Crippen LogP contribution in [0.25, 0.3) is 11.2 Å². The van der Waals surface area contributed by atoms with E-state index in [2.05, 4.69) is 37.1 Å². The molecule has 3 aromatic heterocycles. The average molecular weight is 609 g/mol. The number of likely N-dealkylation sites (N-methyl/N-ethyl adjacent to an activating group) is 1. The molecule has 2 N–H and O–H groups in total. The maximum absolute atomic E-state index is 14.1. The molecule has 1 atom stereocenters. The number of H-pyrrole nitrogens is 1. The fourth-order valence-corrected chi connectivity index (χ4v) is 5.95. The number of aryl methyl sites for hydroxylation is 1. The number of hydrogen-bond donors (Lipinski definition) is 2. The smallest absolute Gasteiger partial charge is 0.416 e. The van der Waals surface area contributed by atoms with Gasteiger partial charge in [0.25, 0.3) is 0 Å². The Kier molecular flexibility index (Phi) is 8.16. The first kappa shape index (κ1) is 29.8. The molecule has 0 bridgehead atoms. The fourth-order valence-electron chi connectivity index (χ4n) is 5.95. The van der Waals surface area contributed by atoms with Gasteiger partial charge in [-0.25, -0.2) is 14.8 Å². The van der Waals surface area contributed by atoms with Gasteiger partial charge in [0, 0.05) is 69.7 Å². The molecule has 1 aromatic carbocycles. The Morgan fingerprint density at radius 3 is 2.64 bits per heavy atom. The fraction of sp³-hybridized carbons (Fsp3) is 0.419. The maximum Gasteiger partial charge on any atom is 0.416 e. The third-order valence-electron chi connectivity index (χ3n) is 8.26. The molecule has 5 heterocycles. The predicted octanol–water partition coefficient (Wildman–Crippen LogP) is 5.76. The lowest BCUT2D eigenvalue weighted by Crippen LogP contribution is -2.45. The molecule has 0 spiro atoms. The van der Waals surface area contributed by atoms with Crippen molar-refractivity contribution in [2.24, 2.45) is 0 Å². The highest BCUT2D eigenvalue weighted by Gasteiger charge is 2.35. The number of anilines is 1. The number of ether oxygens (including phenoxy) is 1. The molecule has 10 nitrogen and oxygen atoms in total. The zero-order valence-corrected chi connectivity index (χ0v) is 24.9. The lowest BCUT2D eigenvalue weighted by Gasteiger charge is -2.34. The second kappa shape index (κ2) is 12.0.